The number of hydrogen-bond acceptors (Lipinski definition) is 5. The van der Waals surface area contributed by atoms with E-state index < -0.39 is 5.60 Å². The lowest BCUT2D eigenvalue weighted by atomic mass is 9.80. The number of rotatable bonds is 8. The van der Waals surface area contributed by atoms with Crippen molar-refractivity contribution in [2.45, 2.75) is 56.3 Å². The maximum atomic E-state index is 14.3. The van der Waals surface area contributed by atoms with E-state index in [1.807, 2.05) is 39.8 Å². The molecule has 2 aromatic heterocycles. The molecule has 1 saturated heterocycles. The fourth-order valence-electron chi connectivity index (χ4n) is 6.70. The Hall–Kier alpha value is -3.46. The highest BCUT2D eigenvalue weighted by Crippen LogP contribution is 2.41. The first-order valence-electron chi connectivity index (χ1n) is 14.5. The van der Waals surface area contributed by atoms with Gasteiger partial charge in [0.2, 0.25) is 0 Å². The summed E-state index contributed by atoms with van der Waals surface area (Å²) in [6.45, 7) is 3.22. The van der Waals surface area contributed by atoms with Crippen LogP contribution in [0.2, 0.25) is 0 Å². The van der Waals surface area contributed by atoms with Gasteiger partial charge in [-0.15, -0.1) is 0 Å². The predicted octanol–water partition coefficient (Wildman–Crippen LogP) is 4.50. The Kier molecular flexibility index (Phi) is 7.74. The first kappa shape index (κ1) is 26.7. The van der Waals surface area contributed by atoms with Gasteiger partial charge in [0.25, 0.3) is 5.91 Å². The molecule has 8 heteroatoms. The molecule has 4 aromatic rings. The van der Waals surface area contributed by atoms with Crippen LogP contribution in [0.5, 0.6) is 0 Å². The minimum atomic E-state index is -1.01. The quantitative estimate of drug-likeness (QED) is 0.343. The van der Waals surface area contributed by atoms with Gasteiger partial charge >= 0.3 is 0 Å². The molecule has 0 bridgehead atoms. The molecule has 2 fully saturated rings. The van der Waals surface area contributed by atoms with Crippen LogP contribution in [0.15, 0.2) is 73.2 Å². The van der Waals surface area contributed by atoms with E-state index in [1.165, 1.54) is 10.9 Å². The molecule has 0 spiro atoms. The van der Waals surface area contributed by atoms with Crippen molar-refractivity contribution >= 4 is 16.8 Å². The molecule has 1 aliphatic heterocycles. The van der Waals surface area contributed by atoms with E-state index in [-0.39, 0.29) is 24.6 Å². The van der Waals surface area contributed by atoms with Crippen LogP contribution in [-0.2, 0) is 11.3 Å². The fourth-order valence-corrected chi connectivity index (χ4v) is 6.70. The van der Waals surface area contributed by atoms with Gasteiger partial charge in [-0.05, 0) is 36.8 Å². The number of carbonyl (C=O) groups excluding carboxylic acids is 1. The number of benzene rings is 2. The Balaban J connectivity index is 1.32. The van der Waals surface area contributed by atoms with E-state index >= 15 is 0 Å². The number of nitrogens with zero attached hydrogens (tertiary/aromatic N) is 4. The molecule has 0 unspecified atom stereocenters. The number of fused-ring (bicyclic) bond motifs is 1. The van der Waals surface area contributed by atoms with Crippen molar-refractivity contribution < 1.29 is 14.6 Å². The minimum Gasteiger partial charge on any atom is -0.385 e. The van der Waals surface area contributed by atoms with E-state index in [1.54, 1.807) is 13.4 Å². The lowest BCUT2D eigenvalue weighted by Crippen LogP contribution is -2.54. The third kappa shape index (κ3) is 5.07. The third-order valence-electron chi connectivity index (χ3n) is 8.73. The van der Waals surface area contributed by atoms with Crippen molar-refractivity contribution in [3.05, 3.63) is 78.9 Å². The number of methoxy groups -OCH3 is 1. The number of amides is 1. The molecule has 0 radical (unpaired) electrons. The second-order valence-corrected chi connectivity index (χ2v) is 11.2. The number of ether oxygens (including phenoxy) is 1. The second-order valence-electron chi connectivity index (χ2n) is 11.2. The highest BCUT2D eigenvalue weighted by molar-refractivity contribution is 5.98. The van der Waals surface area contributed by atoms with Crippen LogP contribution in [0.25, 0.3) is 22.2 Å². The van der Waals surface area contributed by atoms with Crippen molar-refractivity contribution in [1.82, 2.24) is 24.3 Å². The highest BCUT2D eigenvalue weighted by Gasteiger charge is 2.42. The Morgan fingerprint density at radius 1 is 1.12 bits per heavy atom. The Morgan fingerprint density at radius 3 is 2.80 bits per heavy atom. The molecule has 6 rings (SSSR count). The summed E-state index contributed by atoms with van der Waals surface area (Å²) in [7, 11) is 1.63. The van der Waals surface area contributed by atoms with Gasteiger partial charge in [-0.25, -0.2) is 4.98 Å². The lowest BCUT2D eigenvalue weighted by Gasteiger charge is -2.41. The van der Waals surface area contributed by atoms with E-state index in [0.717, 1.165) is 56.6 Å². The molecule has 2 N–H and O–H groups in total. The van der Waals surface area contributed by atoms with Gasteiger partial charge in [-0.2, -0.15) is 0 Å². The Bertz CT molecular complexity index is 1440. The largest absolute Gasteiger partial charge is 0.385 e. The first-order valence-corrected chi connectivity index (χ1v) is 14.5. The standard InChI is InChI=1S/C32H39N5O3/c1-40-22-32(39)16-8-7-13-28(32)37-23-34-29(30(37)25-10-3-2-4-11-25)31(38)36-20-17-33-21-26(36)15-19-35-18-14-24-9-5-6-12-27(24)35/h2-6,9-12,14,18,23,26,28,33,39H,7-8,13,15-17,19-22H2,1H3/t26-,28-,32-/m1/s1. The number of aryl methyl sites for hydroxylation is 1. The van der Waals surface area contributed by atoms with Crippen LogP contribution in [0, 0.1) is 0 Å². The number of nitrogens with one attached hydrogen (secondary N) is 1. The van der Waals surface area contributed by atoms with Crippen molar-refractivity contribution in [2.75, 3.05) is 33.4 Å². The molecular weight excluding hydrogens is 502 g/mol. The van der Waals surface area contributed by atoms with E-state index in [2.05, 4.69) is 46.4 Å². The summed E-state index contributed by atoms with van der Waals surface area (Å²) in [4.78, 5) is 21.0. The average molecular weight is 542 g/mol. The Morgan fingerprint density at radius 2 is 1.95 bits per heavy atom. The van der Waals surface area contributed by atoms with Crippen molar-refractivity contribution in [2.24, 2.45) is 0 Å². The summed E-state index contributed by atoms with van der Waals surface area (Å²) in [5.41, 5.74) is 2.37. The van der Waals surface area contributed by atoms with E-state index in [9.17, 15) is 9.90 Å². The van der Waals surface area contributed by atoms with Gasteiger partial charge in [-0.1, -0.05) is 61.4 Å². The number of hydrogen-bond donors (Lipinski definition) is 2. The summed E-state index contributed by atoms with van der Waals surface area (Å²) in [5, 5.41) is 16.4. The van der Waals surface area contributed by atoms with Gasteiger partial charge in [0.15, 0.2) is 5.69 Å². The van der Waals surface area contributed by atoms with Gasteiger partial charge < -0.3 is 29.2 Å². The topological polar surface area (TPSA) is 84.5 Å². The SMILES string of the molecule is COC[C@]1(O)CCCC[C@H]1n1cnc(C(=O)N2CCNC[C@H]2CCn2ccc3ccccc32)c1-c1ccccc1. The van der Waals surface area contributed by atoms with Crippen molar-refractivity contribution in [3.63, 3.8) is 0 Å². The number of imidazole rings is 1. The monoisotopic (exact) mass is 541 g/mol. The number of carbonyl (C=O) groups is 1. The minimum absolute atomic E-state index is 0.0486. The molecule has 3 atom stereocenters. The van der Waals surface area contributed by atoms with Crippen LogP contribution >= 0.6 is 0 Å². The average Bonchev–Trinajstić information content (AvgIpc) is 3.61. The second kappa shape index (κ2) is 11.6. The summed E-state index contributed by atoms with van der Waals surface area (Å²) in [5.74, 6) is -0.0486. The maximum absolute atomic E-state index is 14.3. The molecule has 3 heterocycles. The normalized spacial score (nSPS) is 23.5. The fraction of sp³-hybridized carbons (Fsp3) is 0.438. The zero-order chi connectivity index (χ0) is 27.5. The molecule has 1 amide bonds. The smallest absolute Gasteiger partial charge is 0.275 e. The zero-order valence-electron chi connectivity index (χ0n) is 23.2. The maximum Gasteiger partial charge on any atom is 0.275 e. The first-order chi connectivity index (χ1) is 19.6. The highest BCUT2D eigenvalue weighted by atomic mass is 16.5. The van der Waals surface area contributed by atoms with Crippen molar-refractivity contribution in [3.8, 4) is 11.3 Å². The van der Waals surface area contributed by atoms with E-state index in [0.29, 0.717) is 18.7 Å². The number of aromatic nitrogens is 3. The van der Waals surface area contributed by atoms with Gasteiger partial charge in [0.05, 0.1) is 24.7 Å². The van der Waals surface area contributed by atoms with E-state index in [4.69, 9.17) is 9.72 Å². The summed E-state index contributed by atoms with van der Waals surface area (Å²) < 4.78 is 9.78. The van der Waals surface area contributed by atoms with Crippen molar-refractivity contribution in [1.29, 1.82) is 0 Å². The van der Waals surface area contributed by atoms with Crippen LogP contribution in [-0.4, -0.2) is 75.0 Å². The molecule has 40 heavy (non-hydrogen) atoms. The third-order valence-corrected chi connectivity index (χ3v) is 8.73. The lowest BCUT2D eigenvalue weighted by molar-refractivity contribution is -0.0893. The number of aliphatic hydroxyl groups is 1. The molecule has 8 nitrogen and oxygen atoms in total. The zero-order valence-corrected chi connectivity index (χ0v) is 23.2. The molecule has 2 aromatic carbocycles. The van der Waals surface area contributed by atoms with Crippen LogP contribution in [0.3, 0.4) is 0 Å². The number of piperazine rings is 1. The van der Waals surface area contributed by atoms with Gasteiger partial charge in [0, 0.05) is 56.6 Å². The summed E-state index contributed by atoms with van der Waals surface area (Å²) in [6.07, 6.45) is 8.18. The summed E-state index contributed by atoms with van der Waals surface area (Å²) in [6, 6.07) is 20.4. The predicted molar refractivity (Wildman–Crippen MR) is 156 cm³/mol. The number of para-hydroxylation sites is 1. The van der Waals surface area contributed by atoms with Crippen LogP contribution in [0.4, 0.5) is 0 Å². The molecule has 1 aliphatic carbocycles. The van der Waals surface area contributed by atoms with Crippen LogP contribution in [0.1, 0.15) is 48.6 Å². The molecule has 1 saturated carbocycles. The Labute approximate surface area is 235 Å². The van der Waals surface area contributed by atoms with Gasteiger partial charge in [-0.3, -0.25) is 4.79 Å². The molecule has 210 valence electrons. The summed E-state index contributed by atoms with van der Waals surface area (Å²) >= 11 is 0. The molecular formula is C32H39N5O3. The van der Waals surface area contributed by atoms with Crippen LogP contribution < -0.4 is 5.32 Å². The molecule has 2 aliphatic rings. The van der Waals surface area contributed by atoms with Gasteiger partial charge in [0.1, 0.15) is 5.60 Å².